The minimum Gasteiger partial charge on any atom is -0.373 e. The highest BCUT2D eigenvalue weighted by Crippen LogP contribution is 2.29. The molecule has 108 valence electrons. The lowest BCUT2D eigenvalue weighted by Crippen LogP contribution is -2.22. The molecular formula is C16H15ClN2O2. The molecule has 1 N–H and O–H groups in total. The number of ether oxygens (including phenoxy) is 1. The Morgan fingerprint density at radius 1 is 1.33 bits per heavy atom. The summed E-state index contributed by atoms with van der Waals surface area (Å²) in [6.45, 7) is 0.647. The SMILES string of the molecule is O=C(CC1OCCc2ccccc21)Nc1ccc(Cl)cn1. The Morgan fingerprint density at radius 3 is 3.00 bits per heavy atom. The van der Waals surface area contributed by atoms with E-state index in [2.05, 4.69) is 16.4 Å². The first kappa shape index (κ1) is 14.0. The van der Waals surface area contributed by atoms with E-state index in [0.717, 1.165) is 12.0 Å². The van der Waals surface area contributed by atoms with Crippen LogP contribution in [0.5, 0.6) is 0 Å². The minimum absolute atomic E-state index is 0.119. The Hall–Kier alpha value is -1.91. The molecule has 2 aromatic rings. The van der Waals surface area contributed by atoms with Crippen molar-refractivity contribution in [2.75, 3.05) is 11.9 Å². The van der Waals surface area contributed by atoms with Crippen LogP contribution >= 0.6 is 11.6 Å². The van der Waals surface area contributed by atoms with Crippen LogP contribution in [-0.2, 0) is 16.0 Å². The van der Waals surface area contributed by atoms with E-state index in [1.165, 1.54) is 11.8 Å². The van der Waals surface area contributed by atoms with E-state index < -0.39 is 0 Å². The van der Waals surface area contributed by atoms with Crippen LogP contribution in [0, 0.1) is 0 Å². The summed E-state index contributed by atoms with van der Waals surface area (Å²) in [5.74, 6) is 0.375. The Morgan fingerprint density at radius 2 is 2.19 bits per heavy atom. The summed E-state index contributed by atoms with van der Waals surface area (Å²) in [6.07, 6.45) is 2.49. The highest BCUT2D eigenvalue weighted by molar-refractivity contribution is 6.30. The van der Waals surface area contributed by atoms with Gasteiger partial charge < -0.3 is 10.1 Å². The zero-order valence-electron chi connectivity index (χ0n) is 11.4. The van der Waals surface area contributed by atoms with E-state index in [4.69, 9.17) is 16.3 Å². The predicted molar refractivity (Wildman–Crippen MR) is 81.3 cm³/mol. The lowest BCUT2D eigenvalue weighted by atomic mass is 9.96. The van der Waals surface area contributed by atoms with Gasteiger partial charge in [0.2, 0.25) is 5.91 Å². The molecule has 1 atom stereocenters. The summed E-state index contributed by atoms with van der Waals surface area (Å²) in [5.41, 5.74) is 2.36. The van der Waals surface area contributed by atoms with Gasteiger partial charge in [-0.05, 0) is 29.7 Å². The molecule has 1 aromatic heterocycles. The van der Waals surface area contributed by atoms with Crippen molar-refractivity contribution in [2.45, 2.75) is 18.9 Å². The van der Waals surface area contributed by atoms with Crippen LogP contribution < -0.4 is 5.32 Å². The Bertz CT molecular complexity index is 643. The highest BCUT2D eigenvalue weighted by atomic mass is 35.5. The standard InChI is InChI=1S/C16H15ClN2O2/c17-12-5-6-15(18-10-12)19-16(20)9-14-13-4-2-1-3-11(13)7-8-21-14/h1-6,10,14H,7-9H2,(H,18,19,20). The normalized spacial score (nSPS) is 17.1. The Balaban J connectivity index is 1.67. The maximum Gasteiger partial charge on any atom is 0.228 e. The number of amides is 1. The molecule has 1 aromatic carbocycles. The lowest BCUT2D eigenvalue weighted by Gasteiger charge is -2.25. The van der Waals surface area contributed by atoms with Gasteiger partial charge in [-0.15, -0.1) is 0 Å². The Kier molecular flexibility index (Phi) is 4.18. The second-order valence-electron chi connectivity index (χ2n) is 4.92. The number of carbonyl (C=O) groups is 1. The Labute approximate surface area is 128 Å². The van der Waals surface area contributed by atoms with Gasteiger partial charge >= 0.3 is 0 Å². The number of nitrogens with one attached hydrogen (secondary N) is 1. The molecular weight excluding hydrogens is 288 g/mol. The molecule has 3 rings (SSSR count). The van der Waals surface area contributed by atoms with Crippen LogP contribution in [-0.4, -0.2) is 17.5 Å². The molecule has 0 fully saturated rings. The van der Waals surface area contributed by atoms with Crippen molar-refractivity contribution in [3.05, 3.63) is 58.7 Å². The first-order valence-corrected chi connectivity index (χ1v) is 7.21. The summed E-state index contributed by atoms with van der Waals surface area (Å²) in [6, 6.07) is 11.5. The zero-order valence-corrected chi connectivity index (χ0v) is 12.1. The molecule has 1 aliphatic heterocycles. The molecule has 0 saturated heterocycles. The molecule has 0 radical (unpaired) electrons. The van der Waals surface area contributed by atoms with Crippen LogP contribution in [0.1, 0.15) is 23.7 Å². The third-order valence-corrected chi connectivity index (χ3v) is 3.68. The van der Waals surface area contributed by atoms with Gasteiger partial charge in [0.15, 0.2) is 0 Å². The van der Waals surface area contributed by atoms with Gasteiger partial charge in [-0.1, -0.05) is 35.9 Å². The first-order valence-electron chi connectivity index (χ1n) is 6.83. The fourth-order valence-electron chi connectivity index (χ4n) is 2.46. The molecule has 1 unspecified atom stereocenters. The quantitative estimate of drug-likeness (QED) is 0.945. The number of aromatic nitrogens is 1. The van der Waals surface area contributed by atoms with E-state index in [0.29, 0.717) is 17.4 Å². The van der Waals surface area contributed by atoms with E-state index in [1.54, 1.807) is 12.1 Å². The van der Waals surface area contributed by atoms with Crippen molar-refractivity contribution in [1.82, 2.24) is 4.98 Å². The van der Waals surface area contributed by atoms with E-state index in [1.807, 2.05) is 18.2 Å². The molecule has 0 aliphatic carbocycles. The van der Waals surface area contributed by atoms with Crippen molar-refractivity contribution in [2.24, 2.45) is 0 Å². The number of nitrogens with zero attached hydrogens (tertiary/aromatic N) is 1. The number of hydrogen-bond acceptors (Lipinski definition) is 3. The molecule has 2 heterocycles. The first-order chi connectivity index (χ1) is 10.2. The van der Waals surface area contributed by atoms with Crippen LogP contribution in [0.2, 0.25) is 5.02 Å². The maximum absolute atomic E-state index is 12.1. The van der Waals surface area contributed by atoms with Gasteiger partial charge in [-0.25, -0.2) is 4.98 Å². The third-order valence-electron chi connectivity index (χ3n) is 3.46. The number of carbonyl (C=O) groups excluding carboxylic acids is 1. The fraction of sp³-hybridized carbons (Fsp3) is 0.250. The van der Waals surface area contributed by atoms with Crippen molar-refractivity contribution in [3.63, 3.8) is 0 Å². The molecule has 5 heteroatoms. The molecule has 21 heavy (non-hydrogen) atoms. The summed E-state index contributed by atoms with van der Waals surface area (Å²) < 4.78 is 5.73. The monoisotopic (exact) mass is 302 g/mol. The van der Waals surface area contributed by atoms with Crippen molar-refractivity contribution < 1.29 is 9.53 Å². The van der Waals surface area contributed by atoms with E-state index in [-0.39, 0.29) is 18.4 Å². The number of anilines is 1. The molecule has 1 amide bonds. The predicted octanol–water partition coefficient (Wildman–Crippen LogP) is 3.38. The fourth-order valence-corrected chi connectivity index (χ4v) is 2.57. The van der Waals surface area contributed by atoms with Gasteiger partial charge in [0.1, 0.15) is 5.82 Å². The molecule has 0 spiro atoms. The summed E-state index contributed by atoms with van der Waals surface area (Å²) in [5, 5.41) is 3.30. The average Bonchev–Trinajstić information content (AvgIpc) is 2.50. The molecule has 1 aliphatic rings. The number of rotatable bonds is 3. The second kappa shape index (κ2) is 6.24. The molecule has 0 bridgehead atoms. The molecule has 0 saturated carbocycles. The number of benzene rings is 1. The van der Waals surface area contributed by atoms with Gasteiger partial charge in [-0.3, -0.25) is 4.79 Å². The minimum atomic E-state index is -0.192. The van der Waals surface area contributed by atoms with E-state index >= 15 is 0 Å². The van der Waals surface area contributed by atoms with E-state index in [9.17, 15) is 4.79 Å². The van der Waals surface area contributed by atoms with Crippen LogP contribution in [0.15, 0.2) is 42.6 Å². The number of pyridine rings is 1. The maximum atomic E-state index is 12.1. The summed E-state index contributed by atoms with van der Waals surface area (Å²) in [7, 11) is 0. The van der Waals surface area contributed by atoms with Crippen molar-refractivity contribution in [3.8, 4) is 0 Å². The lowest BCUT2D eigenvalue weighted by molar-refractivity contribution is -0.119. The number of hydrogen-bond donors (Lipinski definition) is 1. The third kappa shape index (κ3) is 3.40. The zero-order chi connectivity index (χ0) is 14.7. The molecule has 4 nitrogen and oxygen atoms in total. The van der Waals surface area contributed by atoms with Crippen LogP contribution in [0.25, 0.3) is 0 Å². The second-order valence-corrected chi connectivity index (χ2v) is 5.36. The van der Waals surface area contributed by atoms with Gasteiger partial charge in [0.05, 0.1) is 24.2 Å². The topological polar surface area (TPSA) is 51.2 Å². The van der Waals surface area contributed by atoms with Gasteiger partial charge in [0, 0.05) is 6.20 Å². The van der Waals surface area contributed by atoms with Crippen molar-refractivity contribution >= 4 is 23.3 Å². The van der Waals surface area contributed by atoms with Crippen molar-refractivity contribution in [1.29, 1.82) is 0 Å². The van der Waals surface area contributed by atoms with Crippen LogP contribution in [0.3, 0.4) is 0 Å². The highest BCUT2D eigenvalue weighted by Gasteiger charge is 2.23. The largest absolute Gasteiger partial charge is 0.373 e. The number of halogens is 1. The summed E-state index contributed by atoms with van der Waals surface area (Å²) in [4.78, 5) is 16.2. The van der Waals surface area contributed by atoms with Crippen LogP contribution in [0.4, 0.5) is 5.82 Å². The van der Waals surface area contributed by atoms with Gasteiger partial charge in [-0.2, -0.15) is 0 Å². The average molecular weight is 303 g/mol. The summed E-state index contributed by atoms with van der Waals surface area (Å²) >= 11 is 5.76. The number of fused-ring (bicyclic) bond motifs is 1. The van der Waals surface area contributed by atoms with Gasteiger partial charge in [0.25, 0.3) is 0 Å². The smallest absolute Gasteiger partial charge is 0.228 e.